The third kappa shape index (κ3) is 2.08. The molecule has 5 heteroatoms. The second-order valence-corrected chi connectivity index (χ2v) is 4.43. The van der Waals surface area contributed by atoms with Crippen molar-refractivity contribution in [1.82, 2.24) is 9.78 Å². The summed E-state index contributed by atoms with van der Waals surface area (Å²) in [5.41, 5.74) is 7.44. The monoisotopic (exact) mass is 232 g/mol. The number of rotatable bonds is 2. The van der Waals surface area contributed by atoms with Gasteiger partial charge < -0.3 is 10.9 Å². The van der Waals surface area contributed by atoms with Gasteiger partial charge in [0.2, 0.25) is 0 Å². The van der Waals surface area contributed by atoms with E-state index in [0.29, 0.717) is 5.92 Å². The fourth-order valence-corrected chi connectivity index (χ4v) is 1.89. The molecule has 0 aliphatic heterocycles. The topological polar surface area (TPSA) is 76.4 Å². The molecule has 2 rings (SSSR count). The number of benzene rings is 1. The third-order valence-corrected chi connectivity index (χ3v) is 2.58. The fraction of sp³-hybridized carbons (Fsp3) is 0.333. The van der Waals surface area contributed by atoms with Gasteiger partial charge in [-0.2, -0.15) is 9.78 Å². The van der Waals surface area contributed by atoms with Gasteiger partial charge in [0, 0.05) is 5.39 Å². The highest BCUT2D eigenvalue weighted by Crippen LogP contribution is 2.20. The summed E-state index contributed by atoms with van der Waals surface area (Å²) in [4.78, 5) is 0. The first-order valence-corrected chi connectivity index (χ1v) is 5.58. The molecule has 1 aromatic carbocycles. The number of nitrogens with zero attached hydrogens (tertiary/aromatic N) is 3. The number of hydrogen-bond donors (Lipinski definition) is 2. The second-order valence-electron chi connectivity index (χ2n) is 4.43. The smallest absolute Gasteiger partial charge is 0.258 e. The summed E-state index contributed by atoms with van der Waals surface area (Å²) in [7, 11) is 0. The van der Waals surface area contributed by atoms with E-state index in [-0.39, 0.29) is 5.96 Å². The van der Waals surface area contributed by atoms with Gasteiger partial charge in [0.25, 0.3) is 5.96 Å². The first-order valence-electron chi connectivity index (χ1n) is 5.58. The number of hydrogen-bond acceptors (Lipinski definition) is 3. The highest BCUT2D eigenvalue weighted by Gasteiger charge is 2.13. The van der Waals surface area contributed by atoms with Crippen LogP contribution < -0.4 is 5.73 Å². The van der Waals surface area contributed by atoms with Crippen LogP contribution in [0, 0.1) is 5.92 Å². The summed E-state index contributed by atoms with van der Waals surface area (Å²) in [6, 6.07) is 7.78. The number of nitrogens with two attached hydrogens (primary N) is 1. The van der Waals surface area contributed by atoms with Crippen LogP contribution in [0.3, 0.4) is 0 Å². The van der Waals surface area contributed by atoms with Crippen LogP contribution in [0.1, 0.15) is 19.5 Å². The van der Waals surface area contributed by atoms with Crippen LogP contribution in [0.15, 0.2) is 29.4 Å². The summed E-state index contributed by atoms with van der Waals surface area (Å²) in [6.45, 7) is 4.27. The Morgan fingerprint density at radius 3 is 2.82 bits per heavy atom. The van der Waals surface area contributed by atoms with Gasteiger partial charge in [-0.15, -0.1) is 0 Å². The van der Waals surface area contributed by atoms with E-state index in [9.17, 15) is 0 Å². The molecule has 0 aliphatic rings. The van der Waals surface area contributed by atoms with Crippen LogP contribution in [0.5, 0.6) is 0 Å². The number of fused-ring (bicyclic) bond motifs is 1. The molecule has 3 N–H and O–H groups in total. The summed E-state index contributed by atoms with van der Waals surface area (Å²) in [5.74, 6) is 0.491. The average molecular weight is 232 g/mol. The van der Waals surface area contributed by atoms with Gasteiger partial charge in [-0.05, 0) is 23.6 Å². The zero-order valence-electron chi connectivity index (χ0n) is 9.96. The Kier molecular flexibility index (Phi) is 2.99. The highest BCUT2D eigenvalue weighted by atomic mass is 16.4. The normalized spacial score (nSPS) is 12.5. The average Bonchev–Trinajstić information content (AvgIpc) is 2.67. The van der Waals surface area contributed by atoms with E-state index in [2.05, 4.69) is 24.1 Å². The molecule has 0 aliphatic carbocycles. The van der Waals surface area contributed by atoms with E-state index in [4.69, 9.17) is 10.9 Å². The molecule has 0 saturated heterocycles. The summed E-state index contributed by atoms with van der Waals surface area (Å²) in [6.07, 6.45) is 0.867. The van der Waals surface area contributed by atoms with E-state index in [0.717, 1.165) is 23.0 Å². The lowest BCUT2D eigenvalue weighted by molar-refractivity contribution is 0.315. The maximum atomic E-state index is 8.74. The molecule has 0 bridgehead atoms. The van der Waals surface area contributed by atoms with Gasteiger partial charge in [-0.3, -0.25) is 0 Å². The van der Waals surface area contributed by atoms with Gasteiger partial charge in [0.05, 0.1) is 11.2 Å². The molecular weight excluding hydrogens is 216 g/mol. The second kappa shape index (κ2) is 4.45. The van der Waals surface area contributed by atoms with Crippen molar-refractivity contribution in [2.75, 3.05) is 0 Å². The van der Waals surface area contributed by atoms with Gasteiger partial charge in [-0.25, -0.2) is 0 Å². The first-order chi connectivity index (χ1) is 8.13. The van der Waals surface area contributed by atoms with Crippen LogP contribution in [0.2, 0.25) is 0 Å². The van der Waals surface area contributed by atoms with Crippen molar-refractivity contribution in [2.24, 2.45) is 16.8 Å². The van der Waals surface area contributed by atoms with E-state index in [1.54, 1.807) is 0 Å². The molecule has 1 aromatic heterocycles. The van der Waals surface area contributed by atoms with Crippen LogP contribution in [-0.2, 0) is 6.42 Å². The van der Waals surface area contributed by atoms with Crippen molar-refractivity contribution in [1.29, 1.82) is 0 Å². The van der Waals surface area contributed by atoms with Crippen molar-refractivity contribution in [3.63, 3.8) is 0 Å². The minimum absolute atomic E-state index is 0.0174. The Bertz CT molecular complexity index is 557. The molecule has 1 heterocycles. The summed E-state index contributed by atoms with van der Waals surface area (Å²) < 4.78 is 1.47. The van der Waals surface area contributed by atoms with Crippen molar-refractivity contribution in [3.05, 3.63) is 30.0 Å². The largest absolute Gasteiger partial charge is 0.408 e. The predicted molar refractivity (Wildman–Crippen MR) is 67.1 cm³/mol. The molecule has 2 aromatic rings. The van der Waals surface area contributed by atoms with E-state index >= 15 is 0 Å². The summed E-state index contributed by atoms with van der Waals surface area (Å²) in [5, 5.41) is 17.2. The van der Waals surface area contributed by atoms with Crippen molar-refractivity contribution in [3.8, 4) is 0 Å². The third-order valence-electron chi connectivity index (χ3n) is 2.58. The Morgan fingerprint density at radius 1 is 1.47 bits per heavy atom. The molecule has 0 atom stereocenters. The molecule has 5 nitrogen and oxygen atoms in total. The van der Waals surface area contributed by atoms with Gasteiger partial charge in [-0.1, -0.05) is 32.0 Å². The van der Waals surface area contributed by atoms with Crippen LogP contribution >= 0.6 is 0 Å². The van der Waals surface area contributed by atoms with Gasteiger partial charge >= 0.3 is 0 Å². The highest BCUT2D eigenvalue weighted by molar-refractivity contribution is 5.92. The van der Waals surface area contributed by atoms with Crippen molar-refractivity contribution < 1.29 is 5.21 Å². The minimum Gasteiger partial charge on any atom is -0.408 e. The molecule has 0 saturated carbocycles. The fourth-order valence-electron chi connectivity index (χ4n) is 1.89. The molecule has 0 unspecified atom stereocenters. The zero-order chi connectivity index (χ0) is 12.4. The molecule has 17 heavy (non-hydrogen) atoms. The molecule has 0 radical (unpaired) electrons. The van der Waals surface area contributed by atoms with E-state index in [1.807, 2.05) is 24.3 Å². The van der Waals surface area contributed by atoms with Crippen molar-refractivity contribution in [2.45, 2.75) is 20.3 Å². The molecular formula is C12H16N4O. The molecule has 0 spiro atoms. The maximum absolute atomic E-state index is 8.74. The standard InChI is InChI=1S/C12H16N4O/c1-8(2)7-10-9-5-3-4-6-11(9)16(14-10)12(13)15-17/h3-6,8,17H,7H2,1-2H3,(H2,13,15). The number of oxime groups is 1. The lowest BCUT2D eigenvalue weighted by Gasteiger charge is -2.00. The van der Waals surface area contributed by atoms with Gasteiger partial charge in [0.15, 0.2) is 0 Å². The molecule has 0 amide bonds. The number of aromatic nitrogens is 2. The summed E-state index contributed by atoms with van der Waals surface area (Å²) >= 11 is 0. The minimum atomic E-state index is -0.0174. The Labute approximate surface area is 99.5 Å². The Hall–Kier alpha value is -2.04. The van der Waals surface area contributed by atoms with Crippen molar-refractivity contribution >= 4 is 16.9 Å². The SMILES string of the molecule is CC(C)Cc1nn(C(N)=NO)c2ccccc12. The van der Waals surface area contributed by atoms with Crippen LogP contribution in [0.25, 0.3) is 10.9 Å². The lowest BCUT2D eigenvalue weighted by atomic mass is 10.1. The maximum Gasteiger partial charge on any atom is 0.258 e. The lowest BCUT2D eigenvalue weighted by Crippen LogP contribution is -2.23. The van der Waals surface area contributed by atoms with E-state index in [1.165, 1.54) is 4.68 Å². The van der Waals surface area contributed by atoms with E-state index < -0.39 is 0 Å². The molecule has 90 valence electrons. The quantitative estimate of drug-likeness (QED) is 0.358. The Balaban J connectivity index is 2.62. The molecule has 0 fully saturated rings. The van der Waals surface area contributed by atoms with Crippen LogP contribution in [0.4, 0.5) is 0 Å². The first kappa shape index (κ1) is 11.4. The van der Waals surface area contributed by atoms with Gasteiger partial charge in [0.1, 0.15) is 0 Å². The predicted octanol–water partition coefficient (Wildman–Crippen LogP) is 1.79. The number of para-hydroxylation sites is 1. The van der Waals surface area contributed by atoms with Crippen LogP contribution in [-0.4, -0.2) is 20.9 Å². The zero-order valence-corrected chi connectivity index (χ0v) is 9.96. The Morgan fingerprint density at radius 2 is 2.18 bits per heavy atom.